The molecule has 0 atom stereocenters. The number of hydrogen-bond donors (Lipinski definition) is 0. The Balaban J connectivity index is 1.54. The number of thioether (sulfide) groups is 1. The van der Waals surface area contributed by atoms with E-state index >= 15 is 0 Å². The summed E-state index contributed by atoms with van der Waals surface area (Å²) in [5.74, 6) is 1.40. The molecule has 1 aliphatic rings. The molecule has 0 bridgehead atoms. The molecule has 1 saturated carbocycles. The molecule has 1 fully saturated rings. The molecule has 5 nitrogen and oxygen atoms in total. The molecule has 6 heteroatoms. The van der Waals surface area contributed by atoms with E-state index in [1.54, 1.807) is 0 Å². The van der Waals surface area contributed by atoms with E-state index in [9.17, 15) is 4.79 Å². The molecule has 0 radical (unpaired) electrons. The molecular formula is C22H26N4OS. The van der Waals surface area contributed by atoms with E-state index in [0.29, 0.717) is 11.8 Å². The Morgan fingerprint density at radius 3 is 2.61 bits per heavy atom. The lowest BCUT2D eigenvalue weighted by atomic mass is 10.1. The molecule has 0 aliphatic heterocycles. The molecule has 0 N–H and O–H groups in total. The van der Waals surface area contributed by atoms with E-state index in [-0.39, 0.29) is 5.78 Å². The lowest BCUT2D eigenvalue weighted by Gasteiger charge is -2.09. The minimum atomic E-state index is 0.160. The van der Waals surface area contributed by atoms with Crippen LogP contribution in [0.4, 0.5) is 0 Å². The van der Waals surface area contributed by atoms with E-state index in [2.05, 4.69) is 59.2 Å². The number of benzene rings is 1. The van der Waals surface area contributed by atoms with Gasteiger partial charge in [-0.05, 0) is 52.2 Å². The summed E-state index contributed by atoms with van der Waals surface area (Å²) in [4.78, 5) is 12.9. The fraction of sp³-hybridized carbons (Fsp3) is 0.409. The minimum Gasteiger partial charge on any atom is -0.345 e. The zero-order chi connectivity index (χ0) is 19.8. The Labute approximate surface area is 170 Å². The van der Waals surface area contributed by atoms with E-state index in [4.69, 9.17) is 0 Å². The number of ketones is 1. The predicted molar refractivity (Wildman–Crippen MR) is 113 cm³/mol. The quantitative estimate of drug-likeness (QED) is 0.418. The number of aromatic nitrogens is 4. The average molecular weight is 395 g/mol. The highest BCUT2D eigenvalue weighted by Crippen LogP contribution is 2.38. The zero-order valence-electron chi connectivity index (χ0n) is 16.9. The highest BCUT2D eigenvalue weighted by atomic mass is 32.2. The summed E-state index contributed by atoms with van der Waals surface area (Å²) in [5, 5.41) is 9.58. The van der Waals surface area contributed by atoms with E-state index < -0.39 is 0 Å². The van der Waals surface area contributed by atoms with E-state index in [0.717, 1.165) is 34.3 Å². The molecular weight excluding hydrogens is 368 g/mol. The predicted octanol–water partition coefficient (Wildman–Crippen LogP) is 5.00. The maximum Gasteiger partial charge on any atom is 0.191 e. The monoisotopic (exact) mass is 394 g/mol. The molecule has 0 saturated heterocycles. The van der Waals surface area contributed by atoms with Crippen molar-refractivity contribution in [2.45, 2.75) is 58.3 Å². The topological polar surface area (TPSA) is 52.7 Å². The van der Waals surface area contributed by atoms with Crippen molar-refractivity contribution in [3.63, 3.8) is 0 Å². The maximum absolute atomic E-state index is 12.9. The van der Waals surface area contributed by atoms with Gasteiger partial charge in [-0.15, -0.1) is 10.2 Å². The van der Waals surface area contributed by atoms with Gasteiger partial charge in [0.2, 0.25) is 0 Å². The number of carbonyl (C=O) groups is 1. The van der Waals surface area contributed by atoms with Crippen LogP contribution in [0.15, 0.2) is 35.5 Å². The molecule has 146 valence electrons. The van der Waals surface area contributed by atoms with Crippen molar-refractivity contribution in [1.29, 1.82) is 0 Å². The van der Waals surface area contributed by atoms with Gasteiger partial charge in [-0.3, -0.25) is 4.79 Å². The molecule has 4 rings (SSSR count). The van der Waals surface area contributed by atoms with Crippen molar-refractivity contribution in [1.82, 2.24) is 19.3 Å². The first-order valence-electron chi connectivity index (χ1n) is 9.84. The number of rotatable bonds is 7. The van der Waals surface area contributed by atoms with Gasteiger partial charge in [0.1, 0.15) is 0 Å². The van der Waals surface area contributed by atoms with Crippen molar-refractivity contribution >= 4 is 17.5 Å². The van der Waals surface area contributed by atoms with Crippen molar-refractivity contribution in [3.05, 3.63) is 52.8 Å². The van der Waals surface area contributed by atoms with Gasteiger partial charge in [0, 0.05) is 35.1 Å². The normalized spacial score (nSPS) is 13.9. The van der Waals surface area contributed by atoms with Crippen LogP contribution < -0.4 is 0 Å². The lowest BCUT2D eigenvalue weighted by molar-refractivity contribution is 0.102. The Morgan fingerprint density at radius 1 is 1.18 bits per heavy atom. The maximum atomic E-state index is 12.9. The highest BCUT2D eigenvalue weighted by Gasteiger charge is 2.28. The van der Waals surface area contributed by atoms with Crippen LogP contribution >= 0.6 is 11.8 Å². The third kappa shape index (κ3) is 3.41. The first-order chi connectivity index (χ1) is 13.5. The third-order valence-corrected chi connectivity index (χ3v) is 6.41. The van der Waals surface area contributed by atoms with Crippen LogP contribution in [0.3, 0.4) is 0 Å². The second kappa shape index (κ2) is 7.59. The minimum absolute atomic E-state index is 0.160. The summed E-state index contributed by atoms with van der Waals surface area (Å²) < 4.78 is 4.41. The van der Waals surface area contributed by atoms with Gasteiger partial charge in [-0.25, -0.2) is 0 Å². The van der Waals surface area contributed by atoms with Gasteiger partial charge in [0.15, 0.2) is 16.8 Å². The number of carbonyl (C=O) groups excluding carboxylic acids is 1. The Morgan fingerprint density at radius 2 is 1.93 bits per heavy atom. The molecule has 2 heterocycles. The average Bonchev–Trinajstić information content (AvgIpc) is 3.35. The molecule has 3 aromatic rings. The van der Waals surface area contributed by atoms with Crippen LogP contribution in [-0.2, 0) is 6.54 Å². The van der Waals surface area contributed by atoms with Crippen molar-refractivity contribution in [3.8, 4) is 11.4 Å². The standard InChI is InChI=1S/C22H26N4OS/c1-5-25-21(18-9-7-6-8-14(18)2)23-24-22(25)28-13-20(27)19-12-15(3)26(16(19)4)17-10-11-17/h6-9,12,17H,5,10-11,13H2,1-4H3. The summed E-state index contributed by atoms with van der Waals surface area (Å²) in [6.07, 6.45) is 2.44. The van der Waals surface area contributed by atoms with Gasteiger partial charge >= 0.3 is 0 Å². The smallest absolute Gasteiger partial charge is 0.191 e. The first kappa shape index (κ1) is 19.0. The molecule has 0 spiro atoms. The highest BCUT2D eigenvalue weighted by molar-refractivity contribution is 7.99. The lowest BCUT2D eigenvalue weighted by Crippen LogP contribution is -2.07. The molecule has 0 amide bonds. The Hall–Kier alpha value is -2.34. The van der Waals surface area contributed by atoms with Gasteiger partial charge in [0.25, 0.3) is 0 Å². The van der Waals surface area contributed by atoms with E-state index in [1.807, 2.05) is 18.2 Å². The molecule has 1 aromatic carbocycles. The number of Topliss-reactive ketones (excluding diaryl/α,β-unsaturated/α-hetero) is 1. The van der Waals surface area contributed by atoms with E-state index in [1.165, 1.54) is 35.9 Å². The number of aryl methyl sites for hydroxylation is 2. The summed E-state index contributed by atoms with van der Waals surface area (Å²) in [7, 11) is 0. The molecule has 28 heavy (non-hydrogen) atoms. The second-order valence-electron chi connectivity index (χ2n) is 7.46. The second-order valence-corrected chi connectivity index (χ2v) is 8.41. The van der Waals surface area contributed by atoms with Gasteiger partial charge in [0.05, 0.1) is 5.75 Å². The number of hydrogen-bond acceptors (Lipinski definition) is 4. The van der Waals surface area contributed by atoms with Crippen LogP contribution in [0.1, 0.15) is 53.1 Å². The van der Waals surface area contributed by atoms with Crippen molar-refractivity contribution in [2.75, 3.05) is 5.75 Å². The van der Waals surface area contributed by atoms with Crippen LogP contribution in [0.25, 0.3) is 11.4 Å². The van der Waals surface area contributed by atoms with Crippen molar-refractivity contribution in [2.24, 2.45) is 0 Å². The summed E-state index contributed by atoms with van der Waals surface area (Å²) >= 11 is 1.47. The van der Waals surface area contributed by atoms with Crippen molar-refractivity contribution < 1.29 is 4.79 Å². The zero-order valence-corrected chi connectivity index (χ0v) is 17.7. The third-order valence-electron chi connectivity index (χ3n) is 5.45. The SMILES string of the molecule is CCn1c(SCC(=O)c2cc(C)n(C3CC3)c2C)nnc1-c1ccccc1C. The summed E-state index contributed by atoms with van der Waals surface area (Å²) in [6, 6.07) is 10.8. The fourth-order valence-electron chi connectivity index (χ4n) is 3.87. The number of nitrogens with zero attached hydrogens (tertiary/aromatic N) is 4. The summed E-state index contributed by atoms with van der Waals surface area (Å²) in [5.41, 5.74) is 5.39. The largest absolute Gasteiger partial charge is 0.345 e. The van der Waals surface area contributed by atoms with Gasteiger partial charge in [-0.1, -0.05) is 36.0 Å². The molecule has 0 unspecified atom stereocenters. The van der Waals surface area contributed by atoms with Gasteiger partial charge < -0.3 is 9.13 Å². The van der Waals surface area contributed by atoms with Crippen LogP contribution in [0.5, 0.6) is 0 Å². The van der Waals surface area contributed by atoms with Crippen LogP contribution in [0.2, 0.25) is 0 Å². The first-order valence-corrected chi connectivity index (χ1v) is 10.8. The molecule has 2 aromatic heterocycles. The Bertz CT molecular complexity index is 1030. The van der Waals surface area contributed by atoms with Crippen LogP contribution in [-0.4, -0.2) is 30.9 Å². The van der Waals surface area contributed by atoms with Crippen LogP contribution in [0, 0.1) is 20.8 Å². The van der Waals surface area contributed by atoms with Gasteiger partial charge in [-0.2, -0.15) is 0 Å². The fourth-order valence-corrected chi connectivity index (χ4v) is 4.75. The molecule has 1 aliphatic carbocycles. The Kier molecular flexibility index (Phi) is 5.15. The summed E-state index contributed by atoms with van der Waals surface area (Å²) in [6.45, 7) is 9.09.